The van der Waals surface area contributed by atoms with Gasteiger partial charge in [-0.3, -0.25) is 33.4 Å². The quantitative estimate of drug-likeness (QED) is 0.219. The second-order valence-electron chi connectivity index (χ2n) is 14.4. The molecule has 294 valence electrons. The normalized spacial score (nSPS) is 20.0. The van der Waals surface area contributed by atoms with Crippen LogP contribution in [0.15, 0.2) is 48.1 Å². The van der Waals surface area contributed by atoms with Crippen molar-refractivity contribution in [1.29, 1.82) is 0 Å². The zero-order valence-corrected chi connectivity index (χ0v) is 32.9. The number of hydrogen-bond donors (Lipinski definition) is 4. The molecule has 4 heterocycles. The lowest BCUT2D eigenvalue weighted by molar-refractivity contribution is -0.139. The van der Waals surface area contributed by atoms with Crippen LogP contribution in [0, 0.1) is 12.8 Å². The van der Waals surface area contributed by atoms with Gasteiger partial charge in [-0.15, -0.1) is 11.3 Å². The average molecular weight is 775 g/mol. The lowest BCUT2D eigenvalue weighted by Gasteiger charge is -2.28. The predicted molar refractivity (Wildman–Crippen MR) is 207 cm³/mol. The first-order chi connectivity index (χ1) is 26.2. The summed E-state index contributed by atoms with van der Waals surface area (Å²) in [5.74, 6) is -2.68. The third-order valence-electron chi connectivity index (χ3n) is 9.40. The van der Waals surface area contributed by atoms with E-state index in [0.717, 1.165) is 22.2 Å². The summed E-state index contributed by atoms with van der Waals surface area (Å²) in [6.07, 6.45) is 4.27. The van der Waals surface area contributed by atoms with Gasteiger partial charge in [0.2, 0.25) is 29.5 Å². The van der Waals surface area contributed by atoms with Crippen molar-refractivity contribution in [3.63, 3.8) is 0 Å². The van der Waals surface area contributed by atoms with Crippen LogP contribution in [0.4, 0.5) is 0 Å². The van der Waals surface area contributed by atoms with Crippen molar-refractivity contribution < 1.29 is 28.8 Å². The molecule has 17 heteroatoms. The fourth-order valence-corrected chi connectivity index (χ4v) is 7.34. The Hall–Kier alpha value is -5.58. The molecule has 4 N–H and O–H groups in total. The van der Waals surface area contributed by atoms with Gasteiger partial charge in [-0.1, -0.05) is 32.0 Å². The molecule has 0 saturated heterocycles. The topological polar surface area (TPSA) is 195 Å². The van der Waals surface area contributed by atoms with Gasteiger partial charge >= 0.3 is 0 Å². The molecule has 4 aromatic rings. The van der Waals surface area contributed by atoms with Gasteiger partial charge in [0.25, 0.3) is 5.91 Å². The molecule has 3 aromatic heterocycles. The van der Waals surface area contributed by atoms with Gasteiger partial charge in [0, 0.05) is 75.2 Å². The number of H-pyrrole nitrogens is 1. The van der Waals surface area contributed by atoms with Crippen LogP contribution in [0.3, 0.4) is 0 Å². The highest BCUT2D eigenvalue weighted by Crippen LogP contribution is 2.25. The lowest BCUT2D eigenvalue weighted by Crippen LogP contribution is -2.53. The van der Waals surface area contributed by atoms with Crippen LogP contribution in [0.2, 0.25) is 0 Å². The number of benzene rings is 1. The summed E-state index contributed by atoms with van der Waals surface area (Å²) in [6.45, 7) is 7.20. The van der Waals surface area contributed by atoms with E-state index in [9.17, 15) is 28.8 Å². The number of likely N-dealkylation sites (N-methyl/N-ethyl adjacent to an activating group) is 2. The summed E-state index contributed by atoms with van der Waals surface area (Å²) < 4.78 is 1.66. The van der Waals surface area contributed by atoms with Crippen molar-refractivity contribution >= 4 is 57.7 Å². The first-order valence-corrected chi connectivity index (χ1v) is 19.2. The summed E-state index contributed by atoms with van der Waals surface area (Å²) >= 11 is 1.21. The largest absolute Gasteiger partial charge is 0.361 e. The molecule has 1 aliphatic heterocycles. The Morgan fingerprint density at radius 3 is 2.40 bits per heavy atom. The third kappa shape index (κ3) is 10.8. The molecule has 0 saturated carbocycles. The maximum atomic E-state index is 13.9. The standard InChI is InChI=1S/C38H50N10O6S/c1-23(2)17-29-36-43-31(22-55-36)35(52)42-30(18-26-19-39-28-10-8-7-9-27(26)28)38(54)46(6)20-32(49)40-25(4)37(53)45(5)15-16-47(21-33(50)41-29)34(51)12-14-48-13-11-24(3)44-48/h7-11,13,19,22-23,25,29-30,39H,12,14-18,20-21H2,1-6H3,(H,40,49)(H,41,50)(H,42,52)/t25-,29-,30+/m0/s1. The van der Waals surface area contributed by atoms with Gasteiger partial charge < -0.3 is 35.6 Å². The number of aryl methyl sites for hydroxylation is 2. The van der Waals surface area contributed by atoms with E-state index in [4.69, 9.17) is 0 Å². The van der Waals surface area contributed by atoms with Crippen LogP contribution < -0.4 is 16.0 Å². The molecular weight excluding hydrogens is 725 g/mol. The smallest absolute Gasteiger partial charge is 0.271 e. The molecule has 5 rings (SSSR count). The van der Waals surface area contributed by atoms with E-state index in [-0.39, 0.29) is 56.5 Å². The van der Waals surface area contributed by atoms with Crippen LogP contribution in [-0.2, 0) is 36.9 Å². The monoisotopic (exact) mass is 774 g/mol. The van der Waals surface area contributed by atoms with E-state index in [1.165, 1.54) is 40.0 Å². The van der Waals surface area contributed by atoms with Gasteiger partial charge in [-0.2, -0.15) is 5.10 Å². The second kappa shape index (κ2) is 18.2. The predicted octanol–water partition coefficient (Wildman–Crippen LogP) is 2.03. The van der Waals surface area contributed by atoms with E-state index in [0.29, 0.717) is 18.0 Å². The Bertz CT molecular complexity index is 2020. The lowest BCUT2D eigenvalue weighted by atomic mass is 10.0. The molecule has 0 aliphatic carbocycles. The second-order valence-corrected chi connectivity index (χ2v) is 15.3. The highest BCUT2D eigenvalue weighted by Gasteiger charge is 2.30. The molecule has 1 aliphatic rings. The highest BCUT2D eigenvalue weighted by molar-refractivity contribution is 7.09. The molecule has 2 bridgehead atoms. The van der Waals surface area contributed by atoms with Crippen molar-refractivity contribution in [2.24, 2.45) is 5.92 Å². The number of nitrogens with one attached hydrogen (secondary N) is 4. The molecule has 0 radical (unpaired) electrons. The molecule has 16 nitrogen and oxygen atoms in total. The molecule has 0 unspecified atom stereocenters. The Kier molecular flexibility index (Phi) is 13.4. The van der Waals surface area contributed by atoms with E-state index < -0.39 is 47.7 Å². The highest BCUT2D eigenvalue weighted by atomic mass is 32.1. The number of carbonyl (C=O) groups excluding carboxylic acids is 6. The Labute approximate surface area is 324 Å². The van der Waals surface area contributed by atoms with Gasteiger partial charge in [-0.05, 0) is 43.9 Å². The first kappa shape index (κ1) is 40.6. The Balaban J connectivity index is 1.43. The van der Waals surface area contributed by atoms with E-state index in [1.807, 2.05) is 51.1 Å². The van der Waals surface area contributed by atoms with Gasteiger partial charge in [0.15, 0.2) is 0 Å². The number of fused-ring (bicyclic) bond motifs is 3. The number of thiazole rings is 1. The van der Waals surface area contributed by atoms with Crippen molar-refractivity contribution in [3.05, 3.63) is 70.1 Å². The van der Waals surface area contributed by atoms with Crippen LogP contribution in [0.25, 0.3) is 10.9 Å². The maximum absolute atomic E-state index is 13.9. The summed E-state index contributed by atoms with van der Waals surface area (Å²) in [6, 6.07) is 6.85. The number of carbonyl (C=O) groups is 6. The van der Waals surface area contributed by atoms with Crippen LogP contribution in [0.1, 0.15) is 66.4 Å². The van der Waals surface area contributed by atoms with Crippen LogP contribution in [-0.4, -0.2) is 122 Å². The number of hydrogen-bond acceptors (Lipinski definition) is 9. The summed E-state index contributed by atoms with van der Waals surface area (Å²) in [5, 5.41) is 15.8. The van der Waals surface area contributed by atoms with Crippen molar-refractivity contribution in [3.8, 4) is 0 Å². The number of aromatic amines is 1. The SMILES string of the molecule is Cc1ccn(CCC(=O)N2CCN(C)C(=O)[C@H](C)NC(=O)CN(C)C(=O)[C@@H](Cc3c[nH]c4ccccc34)NC(=O)c3csc(n3)[C@H](CC(C)C)NC(=O)C2)n1. The fourth-order valence-electron chi connectivity index (χ4n) is 6.48. The third-order valence-corrected chi connectivity index (χ3v) is 10.4. The number of para-hydroxylation sites is 1. The van der Waals surface area contributed by atoms with Crippen LogP contribution in [0.5, 0.6) is 0 Å². The molecule has 3 atom stereocenters. The minimum atomic E-state index is -1.07. The first-order valence-electron chi connectivity index (χ1n) is 18.4. The summed E-state index contributed by atoms with van der Waals surface area (Å²) in [7, 11) is 3.02. The van der Waals surface area contributed by atoms with Gasteiger partial charge in [0.1, 0.15) is 22.8 Å². The average Bonchev–Trinajstić information content (AvgIpc) is 3.90. The Morgan fingerprint density at radius 2 is 1.67 bits per heavy atom. The maximum Gasteiger partial charge on any atom is 0.271 e. The molecule has 0 fully saturated rings. The van der Waals surface area contributed by atoms with Crippen molar-refractivity contribution in [1.82, 2.24) is 50.4 Å². The summed E-state index contributed by atoms with van der Waals surface area (Å²) in [5.41, 5.74) is 2.55. The molecule has 1 aromatic carbocycles. The van der Waals surface area contributed by atoms with E-state index >= 15 is 0 Å². The van der Waals surface area contributed by atoms with Gasteiger partial charge in [0.05, 0.1) is 24.8 Å². The number of aromatic nitrogens is 4. The number of amides is 6. The molecule has 6 amide bonds. The van der Waals surface area contributed by atoms with E-state index in [2.05, 4.69) is 31.0 Å². The minimum absolute atomic E-state index is 0.0543. The minimum Gasteiger partial charge on any atom is -0.361 e. The fraction of sp³-hybridized carbons (Fsp3) is 0.474. The van der Waals surface area contributed by atoms with Crippen LogP contribution >= 0.6 is 11.3 Å². The molecule has 0 spiro atoms. The zero-order chi connectivity index (χ0) is 39.8. The van der Waals surface area contributed by atoms with Crippen molar-refractivity contribution in [2.75, 3.05) is 40.3 Å². The number of nitrogens with zero attached hydrogens (tertiary/aromatic N) is 6. The van der Waals surface area contributed by atoms with Crippen molar-refractivity contribution in [2.45, 2.75) is 71.6 Å². The zero-order valence-electron chi connectivity index (χ0n) is 32.1. The van der Waals surface area contributed by atoms with Gasteiger partial charge in [-0.25, -0.2) is 4.98 Å². The summed E-state index contributed by atoms with van der Waals surface area (Å²) in [4.78, 5) is 93.2. The number of rotatable bonds is 7. The molecule has 55 heavy (non-hydrogen) atoms. The van der Waals surface area contributed by atoms with E-state index in [1.54, 1.807) is 29.5 Å². The Morgan fingerprint density at radius 1 is 0.927 bits per heavy atom. The molecular formula is C38H50N10O6S.